The molecule has 7 heteroatoms. The van der Waals surface area contributed by atoms with Crippen LogP contribution in [-0.4, -0.2) is 52.2 Å². The maximum atomic E-state index is 12.8. The lowest BCUT2D eigenvalue weighted by atomic mass is 9.92. The van der Waals surface area contributed by atoms with Gasteiger partial charge in [0, 0.05) is 31.5 Å². The largest absolute Gasteiger partial charge is 0.509 e. The molecule has 1 aromatic carbocycles. The number of H-pyrrole nitrogens is 1. The molecule has 0 saturated carbocycles. The molecule has 2 fully saturated rings. The minimum absolute atomic E-state index is 0.0913. The van der Waals surface area contributed by atoms with Gasteiger partial charge in [0.15, 0.2) is 5.60 Å². The lowest BCUT2D eigenvalue weighted by Gasteiger charge is -2.36. The molecule has 1 amide bonds. The fourth-order valence-corrected chi connectivity index (χ4v) is 3.22. The Morgan fingerprint density at radius 2 is 1.96 bits per heavy atom. The maximum absolute atomic E-state index is 12.8. The van der Waals surface area contributed by atoms with Crippen LogP contribution in [-0.2, 0) is 9.47 Å². The van der Waals surface area contributed by atoms with Gasteiger partial charge in [-0.2, -0.15) is 0 Å². The van der Waals surface area contributed by atoms with E-state index < -0.39 is 11.8 Å². The highest BCUT2D eigenvalue weighted by atomic mass is 16.8. The zero-order valence-corrected chi connectivity index (χ0v) is 13.0. The molecule has 0 atom stereocenters. The van der Waals surface area contributed by atoms with Crippen LogP contribution in [0.3, 0.4) is 0 Å². The molecule has 0 radical (unpaired) electrons. The van der Waals surface area contributed by atoms with Crippen LogP contribution in [0.2, 0.25) is 0 Å². The van der Waals surface area contributed by atoms with E-state index in [2.05, 4.69) is 9.97 Å². The van der Waals surface area contributed by atoms with E-state index in [1.807, 2.05) is 30.3 Å². The lowest BCUT2D eigenvalue weighted by molar-refractivity contribution is 0.00269. The van der Waals surface area contributed by atoms with Crippen LogP contribution < -0.4 is 0 Å². The molecule has 7 nitrogen and oxygen atoms in total. The van der Waals surface area contributed by atoms with Gasteiger partial charge < -0.3 is 19.4 Å². The van der Waals surface area contributed by atoms with Crippen LogP contribution >= 0.6 is 0 Å². The van der Waals surface area contributed by atoms with Crippen molar-refractivity contribution in [3.05, 3.63) is 42.4 Å². The number of cyclic esters (lactones) is 1. The fraction of sp³-hybridized carbons (Fsp3) is 0.353. The molecule has 1 aromatic heterocycles. The SMILES string of the molecule is O=C1OCC2(CCN(C(=O)c3[nH]cnc3-c3ccccc3)CC2)O1. The summed E-state index contributed by atoms with van der Waals surface area (Å²) in [5.41, 5.74) is 1.46. The van der Waals surface area contributed by atoms with Gasteiger partial charge in [0.2, 0.25) is 0 Å². The Kier molecular flexibility index (Phi) is 3.48. The third-order valence-corrected chi connectivity index (χ3v) is 4.62. The average Bonchev–Trinajstić information content (AvgIpc) is 3.23. The van der Waals surface area contributed by atoms with Crippen LogP contribution in [0.25, 0.3) is 11.3 Å². The second-order valence-electron chi connectivity index (χ2n) is 6.11. The van der Waals surface area contributed by atoms with Gasteiger partial charge in [-0.05, 0) is 0 Å². The highest BCUT2D eigenvalue weighted by Crippen LogP contribution is 2.32. The highest BCUT2D eigenvalue weighted by Gasteiger charge is 2.45. The minimum Gasteiger partial charge on any atom is -0.430 e. The summed E-state index contributed by atoms with van der Waals surface area (Å²) in [5, 5.41) is 0. The van der Waals surface area contributed by atoms with Gasteiger partial charge in [-0.3, -0.25) is 4.79 Å². The molecule has 0 unspecified atom stereocenters. The summed E-state index contributed by atoms with van der Waals surface area (Å²) in [5.74, 6) is -0.0913. The Morgan fingerprint density at radius 3 is 2.62 bits per heavy atom. The molecular formula is C17H17N3O4. The molecule has 1 N–H and O–H groups in total. The van der Waals surface area contributed by atoms with Crippen molar-refractivity contribution in [1.29, 1.82) is 0 Å². The van der Waals surface area contributed by atoms with E-state index in [4.69, 9.17) is 9.47 Å². The normalized spacial score (nSPS) is 19.2. The Labute approximate surface area is 138 Å². The van der Waals surface area contributed by atoms with Gasteiger partial charge in [0.05, 0.1) is 6.33 Å². The van der Waals surface area contributed by atoms with Crippen LogP contribution in [0.1, 0.15) is 23.3 Å². The van der Waals surface area contributed by atoms with Crippen LogP contribution in [0.15, 0.2) is 36.7 Å². The standard InChI is InChI=1S/C17H17N3O4/c21-15(14-13(18-11-19-14)12-4-2-1-3-5-12)20-8-6-17(7-9-20)10-23-16(22)24-17/h1-5,11H,6-10H2,(H,18,19). The molecule has 124 valence electrons. The number of amides is 1. The van der Waals surface area contributed by atoms with Gasteiger partial charge in [-0.25, -0.2) is 9.78 Å². The third kappa shape index (κ3) is 2.51. The number of hydrogen-bond donors (Lipinski definition) is 1. The van der Waals surface area contributed by atoms with Crippen molar-refractivity contribution < 1.29 is 19.1 Å². The van der Waals surface area contributed by atoms with Crippen LogP contribution in [0.4, 0.5) is 4.79 Å². The van der Waals surface area contributed by atoms with Crippen molar-refractivity contribution >= 4 is 12.1 Å². The molecule has 2 aliphatic heterocycles. The second-order valence-corrected chi connectivity index (χ2v) is 6.11. The van der Waals surface area contributed by atoms with Crippen molar-refractivity contribution in [2.45, 2.75) is 18.4 Å². The average molecular weight is 327 g/mol. The number of nitrogens with one attached hydrogen (secondary N) is 1. The van der Waals surface area contributed by atoms with Gasteiger partial charge in [0.25, 0.3) is 5.91 Å². The zero-order valence-electron chi connectivity index (χ0n) is 13.0. The number of likely N-dealkylation sites (tertiary alicyclic amines) is 1. The van der Waals surface area contributed by atoms with Crippen molar-refractivity contribution in [1.82, 2.24) is 14.9 Å². The number of rotatable bonds is 2. The maximum Gasteiger partial charge on any atom is 0.509 e. The predicted molar refractivity (Wildman–Crippen MR) is 84.3 cm³/mol. The van der Waals surface area contributed by atoms with E-state index >= 15 is 0 Å². The number of imidazole rings is 1. The van der Waals surface area contributed by atoms with E-state index in [-0.39, 0.29) is 12.5 Å². The summed E-state index contributed by atoms with van der Waals surface area (Å²) in [7, 11) is 0. The Morgan fingerprint density at radius 1 is 1.21 bits per heavy atom. The summed E-state index contributed by atoms with van der Waals surface area (Å²) in [6.07, 6.45) is 2.08. The number of hydrogen-bond acceptors (Lipinski definition) is 5. The Bertz CT molecular complexity index is 763. The minimum atomic E-state index is -0.616. The Balaban J connectivity index is 1.50. The summed E-state index contributed by atoms with van der Waals surface area (Å²) in [4.78, 5) is 33.0. The summed E-state index contributed by atoms with van der Waals surface area (Å²) in [6.45, 7) is 1.30. The first kappa shape index (κ1) is 14.7. The molecule has 1 spiro atoms. The number of nitrogens with zero attached hydrogens (tertiary/aromatic N) is 2. The number of aromatic amines is 1. The molecule has 2 saturated heterocycles. The first-order valence-electron chi connectivity index (χ1n) is 7.91. The number of ether oxygens (including phenoxy) is 2. The van der Waals surface area contributed by atoms with E-state index in [9.17, 15) is 9.59 Å². The van der Waals surface area contributed by atoms with E-state index in [0.717, 1.165) is 5.56 Å². The van der Waals surface area contributed by atoms with Gasteiger partial charge in [-0.15, -0.1) is 0 Å². The predicted octanol–water partition coefficient (Wildman–Crippen LogP) is 2.22. The molecule has 2 aliphatic rings. The van der Waals surface area contributed by atoms with Gasteiger partial charge in [-0.1, -0.05) is 30.3 Å². The number of benzene rings is 1. The van der Waals surface area contributed by atoms with Crippen molar-refractivity contribution in [3.8, 4) is 11.3 Å². The molecule has 2 aromatic rings. The van der Waals surface area contributed by atoms with Crippen molar-refractivity contribution in [2.24, 2.45) is 0 Å². The number of piperidine rings is 1. The number of carbonyl (C=O) groups excluding carboxylic acids is 2. The molecule has 0 aliphatic carbocycles. The van der Waals surface area contributed by atoms with E-state index in [1.165, 1.54) is 6.33 Å². The molecule has 3 heterocycles. The smallest absolute Gasteiger partial charge is 0.430 e. The highest BCUT2D eigenvalue weighted by molar-refractivity contribution is 5.98. The second kappa shape index (κ2) is 5.67. The molecular weight excluding hydrogens is 310 g/mol. The zero-order chi connectivity index (χ0) is 16.6. The number of aromatic nitrogens is 2. The van der Waals surface area contributed by atoms with Gasteiger partial charge in [0.1, 0.15) is 18.0 Å². The summed E-state index contributed by atoms with van der Waals surface area (Å²) < 4.78 is 10.2. The first-order chi connectivity index (χ1) is 11.7. The lowest BCUT2D eigenvalue weighted by Crippen LogP contribution is -2.48. The first-order valence-corrected chi connectivity index (χ1v) is 7.91. The summed E-state index contributed by atoms with van der Waals surface area (Å²) >= 11 is 0. The molecule has 4 rings (SSSR count). The van der Waals surface area contributed by atoms with E-state index in [1.54, 1.807) is 4.90 Å². The van der Waals surface area contributed by atoms with Crippen LogP contribution in [0, 0.1) is 0 Å². The fourth-order valence-electron chi connectivity index (χ4n) is 3.22. The Hall–Kier alpha value is -2.83. The van der Waals surface area contributed by atoms with Crippen molar-refractivity contribution in [2.75, 3.05) is 19.7 Å². The van der Waals surface area contributed by atoms with Crippen molar-refractivity contribution in [3.63, 3.8) is 0 Å². The number of carbonyl (C=O) groups is 2. The van der Waals surface area contributed by atoms with E-state index in [0.29, 0.717) is 37.3 Å². The molecule has 0 bridgehead atoms. The monoisotopic (exact) mass is 327 g/mol. The van der Waals surface area contributed by atoms with Crippen LogP contribution in [0.5, 0.6) is 0 Å². The third-order valence-electron chi connectivity index (χ3n) is 4.62. The summed E-state index contributed by atoms with van der Waals surface area (Å²) in [6, 6.07) is 9.60. The quantitative estimate of drug-likeness (QED) is 0.855. The topological polar surface area (TPSA) is 84.5 Å². The van der Waals surface area contributed by atoms with Gasteiger partial charge >= 0.3 is 6.16 Å². The molecule has 24 heavy (non-hydrogen) atoms.